The van der Waals surface area contributed by atoms with Gasteiger partial charge in [0.15, 0.2) is 12.4 Å². The lowest BCUT2D eigenvalue weighted by atomic mass is 10.0. The molecule has 0 unspecified atom stereocenters. The van der Waals surface area contributed by atoms with E-state index in [1.165, 1.54) is 22.2 Å². The molecule has 0 aromatic carbocycles. The van der Waals surface area contributed by atoms with Crippen molar-refractivity contribution < 1.29 is 23.9 Å². The SMILES string of the molecule is CCOC(=O)c1c(CC(C)C)csc1NC(=O)COC(=O)c1cccnc1-n1cccn1. The van der Waals surface area contributed by atoms with Gasteiger partial charge in [-0.05, 0) is 48.4 Å². The number of anilines is 1. The molecule has 3 aromatic heterocycles. The van der Waals surface area contributed by atoms with Gasteiger partial charge >= 0.3 is 11.9 Å². The van der Waals surface area contributed by atoms with Gasteiger partial charge in [0.2, 0.25) is 0 Å². The molecule has 0 aliphatic heterocycles. The fourth-order valence-electron chi connectivity index (χ4n) is 3.01. The Hall–Kier alpha value is -3.53. The van der Waals surface area contributed by atoms with Crippen LogP contribution in [0.3, 0.4) is 0 Å². The van der Waals surface area contributed by atoms with Crippen molar-refractivity contribution in [2.24, 2.45) is 5.92 Å². The van der Waals surface area contributed by atoms with Crippen LogP contribution in [-0.2, 0) is 20.7 Å². The molecule has 0 atom stereocenters. The first kappa shape index (κ1) is 23.1. The lowest BCUT2D eigenvalue weighted by Crippen LogP contribution is -2.22. The van der Waals surface area contributed by atoms with Crippen molar-refractivity contribution in [3.8, 4) is 5.82 Å². The minimum Gasteiger partial charge on any atom is -0.462 e. The number of hydrogen-bond acceptors (Lipinski definition) is 8. The molecule has 0 aliphatic rings. The Bertz CT molecular complexity index is 1090. The van der Waals surface area contributed by atoms with Crippen molar-refractivity contribution in [1.82, 2.24) is 14.8 Å². The van der Waals surface area contributed by atoms with Crippen LogP contribution in [0.5, 0.6) is 0 Å². The van der Waals surface area contributed by atoms with Gasteiger partial charge in [0.25, 0.3) is 5.91 Å². The minimum atomic E-state index is -0.712. The van der Waals surface area contributed by atoms with Crippen LogP contribution < -0.4 is 5.32 Å². The van der Waals surface area contributed by atoms with Gasteiger partial charge in [-0.3, -0.25) is 4.79 Å². The summed E-state index contributed by atoms with van der Waals surface area (Å²) >= 11 is 1.24. The fourth-order valence-corrected chi connectivity index (χ4v) is 3.99. The Kier molecular flexibility index (Phi) is 7.72. The summed E-state index contributed by atoms with van der Waals surface area (Å²) in [5.41, 5.74) is 1.33. The number of amides is 1. The van der Waals surface area contributed by atoms with Crippen LogP contribution in [-0.4, -0.2) is 45.8 Å². The Morgan fingerprint density at radius 2 is 1.97 bits per heavy atom. The molecule has 9 nitrogen and oxygen atoms in total. The molecule has 168 valence electrons. The van der Waals surface area contributed by atoms with Crippen molar-refractivity contribution in [3.05, 3.63) is 58.9 Å². The number of ether oxygens (including phenoxy) is 2. The van der Waals surface area contributed by atoms with Gasteiger partial charge in [-0.25, -0.2) is 19.3 Å². The average Bonchev–Trinajstić information content (AvgIpc) is 3.42. The standard InChI is InChI=1S/C22H24N4O5S/c1-4-30-22(29)18-15(11-14(2)3)13-32-20(18)25-17(27)12-31-21(28)16-7-5-8-23-19(16)26-10-6-9-24-26/h5-10,13-14H,4,11-12H2,1-3H3,(H,25,27). The van der Waals surface area contributed by atoms with Gasteiger partial charge in [-0.2, -0.15) is 5.10 Å². The van der Waals surface area contributed by atoms with Crippen molar-refractivity contribution in [1.29, 1.82) is 0 Å². The van der Waals surface area contributed by atoms with E-state index in [-0.39, 0.29) is 12.2 Å². The van der Waals surface area contributed by atoms with E-state index >= 15 is 0 Å². The quantitative estimate of drug-likeness (QED) is 0.490. The molecular weight excluding hydrogens is 432 g/mol. The Labute approximate surface area is 189 Å². The summed E-state index contributed by atoms with van der Waals surface area (Å²) in [6, 6.07) is 4.84. The highest BCUT2D eigenvalue weighted by Crippen LogP contribution is 2.31. The number of hydrogen-bond donors (Lipinski definition) is 1. The van der Waals surface area contributed by atoms with E-state index in [4.69, 9.17) is 9.47 Å². The normalized spacial score (nSPS) is 10.8. The second kappa shape index (κ2) is 10.7. The van der Waals surface area contributed by atoms with Crippen LogP contribution in [0, 0.1) is 5.92 Å². The number of thiophene rings is 1. The molecule has 1 amide bonds. The van der Waals surface area contributed by atoms with Crippen molar-refractivity contribution in [3.63, 3.8) is 0 Å². The number of rotatable bonds is 9. The molecule has 0 saturated carbocycles. The van der Waals surface area contributed by atoms with Crippen LogP contribution in [0.2, 0.25) is 0 Å². The predicted molar refractivity (Wildman–Crippen MR) is 119 cm³/mol. The third-order valence-corrected chi connectivity index (χ3v) is 5.23. The molecule has 0 radical (unpaired) electrons. The summed E-state index contributed by atoms with van der Waals surface area (Å²) in [4.78, 5) is 41.6. The van der Waals surface area contributed by atoms with Gasteiger partial charge in [0.05, 0.1) is 12.2 Å². The first-order chi connectivity index (χ1) is 15.4. The molecule has 0 saturated heterocycles. The van der Waals surface area contributed by atoms with Crippen molar-refractivity contribution in [2.75, 3.05) is 18.5 Å². The second-order valence-corrected chi connectivity index (χ2v) is 8.11. The molecule has 3 heterocycles. The van der Waals surface area contributed by atoms with Crippen LogP contribution in [0.25, 0.3) is 5.82 Å². The predicted octanol–water partition coefficient (Wildman–Crippen LogP) is 3.50. The minimum absolute atomic E-state index is 0.173. The first-order valence-electron chi connectivity index (χ1n) is 10.1. The Balaban J connectivity index is 1.69. The number of carbonyl (C=O) groups is 3. The second-order valence-electron chi connectivity index (χ2n) is 7.23. The van der Waals surface area contributed by atoms with E-state index in [0.29, 0.717) is 28.7 Å². The smallest absolute Gasteiger partial charge is 0.342 e. The third kappa shape index (κ3) is 5.58. The molecule has 1 N–H and O–H groups in total. The Morgan fingerprint density at radius 1 is 1.16 bits per heavy atom. The van der Waals surface area contributed by atoms with E-state index in [1.807, 2.05) is 19.2 Å². The zero-order valence-corrected chi connectivity index (χ0v) is 18.8. The van der Waals surface area contributed by atoms with Gasteiger partial charge in [0, 0.05) is 18.6 Å². The molecule has 3 rings (SSSR count). The number of carbonyl (C=O) groups excluding carboxylic acids is 3. The monoisotopic (exact) mass is 456 g/mol. The lowest BCUT2D eigenvalue weighted by Gasteiger charge is -2.11. The highest BCUT2D eigenvalue weighted by Gasteiger charge is 2.23. The third-order valence-electron chi connectivity index (χ3n) is 4.29. The maximum atomic E-state index is 12.5. The highest BCUT2D eigenvalue weighted by molar-refractivity contribution is 7.15. The van der Waals surface area contributed by atoms with Crippen LogP contribution in [0.4, 0.5) is 5.00 Å². The average molecular weight is 457 g/mol. The molecule has 0 bridgehead atoms. The summed E-state index contributed by atoms with van der Waals surface area (Å²) < 4.78 is 11.8. The van der Waals surface area contributed by atoms with Gasteiger partial charge < -0.3 is 14.8 Å². The van der Waals surface area contributed by atoms with Crippen molar-refractivity contribution in [2.45, 2.75) is 27.2 Å². The van der Waals surface area contributed by atoms with Crippen LogP contribution in [0.15, 0.2) is 42.2 Å². The largest absolute Gasteiger partial charge is 0.462 e. The van der Waals surface area contributed by atoms with Crippen LogP contribution >= 0.6 is 11.3 Å². The van der Waals surface area contributed by atoms with E-state index in [0.717, 1.165) is 5.56 Å². The lowest BCUT2D eigenvalue weighted by molar-refractivity contribution is -0.119. The highest BCUT2D eigenvalue weighted by atomic mass is 32.1. The zero-order valence-electron chi connectivity index (χ0n) is 18.0. The van der Waals surface area contributed by atoms with Crippen molar-refractivity contribution >= 4 is 34.2 Å². The van der Waals surface area contributed by atoms with E-state index in [2.05, 4.69) is 15.4 Å². The number of nitrogens with one attached hydrogen (secondary N) is 1. The first-order valence-corrected chi connectivity index (χ1v) is 11.0. The van der Waals surface area contributed by atoms with Gasteiger partial charge in [-0.15, -0.1) is 11.3 Å². The van der Waals surface area contributed by atoms with E-state index < -0.39 is 24.5 Å². The molecule has 32 heavy (non-hydrogen) atoms. The maximum Gasteiger partial charge on any atom is 0.342 e. The number of pyridine rings is 1. The molecule has 3 aromatic rings. The Morgan fingerprint density at radius 3 is 2.66 bits per heavy atom. The molecule has 0 fully saturated rings. The molecule has 10 heteroatoms. The number of nitrogens with zero attached hydrogens (tertiary/aromatic N) is 3. The molecular formula is C22H24N4O5S. The molecule has 0 spiro atoms. The summed E-state index contributed by atoms with van der Waals surface area (Å²) in [6.07, 6.45) is 5.41. The number of aromatic nitrogens is 3. The van der Waals surface area contributed by atoms with Gasteiger partial charge in [0.1, 0.15) is 10.6 Å². The zero-order chi connectivity index (χ0) is 23.1. The maximum absolute atomic E-state index is 12.5. The topological polar surface area (TPSA) is 112 Å². The summed E-state index contributed by atoms with van der Waals surface area (Å²) in [6.45, 7) is 5.51. The molecule has 0 aliphatic carbocycles. The van der Waals surface area contributed by atoms with Gasteiger partial charge in [-0.1, -0.05) is 13.8 Å². The fraction of sp³-hybridized carbons (Fsp3) is 0.318. The van der Waals surface area contributed by atoms with E-state index in [1.54, 1.807) is 37.5 Å². The summed E-state index contributed by atoms with van der Waals surface area (Å²) in [7, 11) is 0. The summed E-state index contributed by atoms with van der Waals surface area (Å²) in [5.74, 6) is -1.15. The summed E-state index contributed by atoms with van der Waals surface area (Å²) in [5, 5.41) is 8.94. The van der Waals surface area contributed by atoms with Crippen LogP contribution in [0.1, 0.15) is 47.1 Å². The number of esters is 2. The van der Waals surface area contributed by atoms with E-state index in [9.17, 15) is 14.4 Å².